The molecule has 0 saturated heterocycles. The molecule has 196 valence electrons. The van der Waals surface area contributed by atoms with Crippen LogP contribution in [0.3, 0.4) is 0 Å². The van der Waals surface area contributed by atoms with Crippen LogP contribution in [0.5, 0.6) is 0 Å². The number of nitrogens with zero attached hydrogens (tertiary/aromatic N) is 1. The molecule has 2 N–H and O–H groups in total. The van der Waals surface area contributed by atoms with Crippen LogP contribution >= 0.6 is 0 Å². The molecule has 2 rings (SSSR count). The summed E-state index contributed by atoms with van der Waals surface area (Å²) in [5, 5.41) is 5.70. The highest BCUT2D eigenvalue weighted by atomic mass is 16.6. The Labute approximate surface area is 215 Å². The van der Waals surface area contributed by atoms with Crippen LogP contribution in [0.4, 0.5) is 4.79 Å². The molecule has 2 unspecified atom stereocenters. The molecular weight excluding hydrogens is 454 g/mol. The minimum atomic E-state index is -0.912. The summed E-state index contributed by atoms with van der Waals surface area (Å²) in [6, 6.07) is 13.5. The summed E-state index contributed by atoms with van der Waals surface area (Å²) in [5.74, 6) is -0.628. The first-order chi connectivity index (χ1) is 16.9. The fourth-order valence-corrected chi connectivity index (χ4v) is 3.84. The molecule has 0 aliphatic heterocycles. The Morgan fingerprint density at radius 1 is 1.00 bits per heavy atom. The van der Waals surface area contributed by atoms with Gasteiger partial charge in [-0.1, -0.05) is 61.9 Å². The molecule has 0 spiro atoms. The lowest BCUT2D eigenvalue weighted by atomic mass is 9.98. The number of ether oxygens (including phenoxy) is 1. The van der Waals surface area contributed by atoms with Crippen LogP contribution in [0.25, 0.3) is 0 Å². The van der Waals surface area contributed by atoms with Gasteiger partial charge in [-0.25, -0.2) is 4.79 Å². The van der Waals surface area contributed by atoms with Crippen molar-refractivity contribution in [3.05, 3.63) is 70.8 Å². The van der Waals surface area contributed by atoms with Crippen molar-refractivity contribution in [1.29, 1.82) is 0 Å². The van der Waals surface area contributed by atoms with Crippen molar-refractivity contribution in [3.8, 4) is 0 Å². The van der Waals surface area contributed by atoms with E-state index in [1.807, 2.05) is 62.4 Å². The van der Waals surface area contributed by atoms with E-state index in [-0.39, 0.29) is 18.2 Å². The first-order valence-corrected chi connectivity index (χ1v) is 12.6. The van der Waals surface area contributed by atoms with Gasteiger partial charge in [-0.2, -0.15) is 0 Å². The summed E-state index contributed by atoms with van der Waals surface area (Å²) in [7, 11) is 1.61. The zero-order valence-corrected chi connectivity index (χ0v) is 22.7. The van der Waals surface area contributed by atoms with Crippen molar-refractivity contribution in [1.82, 2.24) is 15.5 Å². The maximum Gasteiger partial charge on any atom is 0.408 e. The monoisotopic (exact) mass is 495 g/mol. The minimum Gasteiger partial charge on any atom is -0.444 e. The zero-order valence-electron chi connectivity index (χ0n) is 22.7. The Morgan fingerprint density at radius 3 is 2.25 bits per heavy atom. The second-order valence-electron chi connectivity index (χ2n) is 10.2. The van der Waals surface area contributed by atoms with Gasteiger partial charge < -0.3 is 20.3 Å². The number of alkyl carbamates (subject to hydrolysis) is 1. The van der Waals surface area contributed by atoms with Crippen LogP contribution < -0.4 is 10.6 Å². The molecule has 7 nitrogen and oxygen atoms in total. The standard InChI is InChI=1S/C29H41N3O4/c1-8-9-17-30-26(33)25(23-16-15-20(2)21(3)18-23)32(7)27(34)24(19-22-13-11-10-12-14-22)31-28(35)36-29(4,5)6/h10-16,18,24-25H,8-9,17,19H2,1-7H3,(H,30,33)(H,31,35). The van der Waals surface area contributed by atoms with Gasteiger partial charge in [0.25, 0.3) is 0 Å². The van der Waals surface area contributed by atoms with Gasteiger partial charge in [-0.3, -0.25) is 9.59 Å². The smallest absolute Gasteiger partial charge is 0.408 e. The van der Waals surface area contributed by atoms with Gasteiger partial charge in [0.05, 0.1) is 0 Å². The lowest BCUT2D eigenvalue weighted by molar-refractivity contribution is -0.140. The van der Waals surface area contributed by atoms with Crippen LogP contribution in [-0.4, -0.2) is 48.0 Å². The van der Waals surface area contributed by atoms with Crippen LogP contribution in [0.1, 0.15) is 68.8 Å². The average molecular weight is 496 g/mol. The molecule has 7 heteroatoms. The van der Waals surface area contributed by atoms with Gasteiger partial charge >= 0.3 is 6.09 Å². The molecule has 2 atom stereocenters. The van der Waals surface area contributed by atoms with Crippen LogP contribution in [0.2, 0.25) is 0 Å². The van der Waals surface area contributed by atoms with E-state index in [1.165, 1.54) is 4.90 Å². The van der Waals surface area contributed by atoms with Crippen molar-refractivity contribution < 1.29 is 19.1 Å². The van der Waals surface area contributed by atoms with Gasteiger partial charge in [-0.15, -0.1) is 0 Å². The van der Waals surface area contributed by atoms with Gasteiger partial charge in [0.1, 0.15) is 17.7 Å². The number of unbranched alkanes of at least 4 members (excludes halogenated alkanes) is 1. The van der Waals surface area contributed by atoms with Crippen molar-refractivity contribution in [2.75, 3.05) is 13.6 Å². The Kier molecular flexibility index (Phi) is 10.5. The second-order valence-corrected chi connectivity index (χ2v) is 10.2. The van der Waals surface area contributed by atoms with E-state index in [0.717, 1.165) is 35.1 Å². The Bertz CT molecular complexity index is 1030. The topological polar surface area (TPSA) is 87.7 Å². The maximum atomic E-state index is 13.8. The SMILES string of the molecule is CCCCNC(=O)C(c1ccc(C)c(C)c1)N(C)C(=O)C(Cc1ccccc1)NC(=O)OC(C)(C)C. The van der Waals surface area contributed by atoms with Crippen molar-refractivity contribution in [2.24, 2.45) is 0 Å². The molecule has 0 fully saturated rings. The van der Waals surface area contributed by atoms with Crippen molar-refractivity contribution in [3.63, 3.8) is 0 Å². The van der Waals surface area contributed by atoms with E-state index in [9.17, 15) is 14.4 Å². The lowest BCUT2D eigenvalue weighted by Gasteiger charge is -2.32. The molecule has 2 aromatic carbocycles. The van der Waals surface area contributed by atoms with Crippen molar-refractivity contribution in [2.45, 2.75) is 78.5 Å². The number of rotatable bonds is 10. The van der Waals surface area contributed by atoms with Crippen LogP contribution in [0, 0.1) is 13.8 Å². The summed E-state index contributed by atoms with van der Waals surface area (Å²) in [6.45, 7) is 11.9. The third-order valence-electron chi connectivity index (χ3n) is 5.93. The number of amides is 3. The Hall–Kier alpha value is -3.35. The van der Waals surface area contributed by atoms with E-state index in [2.05, 4.69) is 17.6 Å². The molecule has 2 aromatic rings. The van der Waals surface area contributed by atoms with Crippen molar-refractivity contribution >= 4 is 17.9 Å². The second kappa shape index (κ2) is 13.1. The molecule has 3 amide bonds. The predicted octanol–water partition coefficient (Wildman–Crippen LogP) is 4.86. The molecule has 0 aromatic heterocycles. The summed E-state index contributed by atoms with van der Waals surface area (Å²) in [6.07, 6.45) is 1.38. The molecule has 0 heterocycles. The van der Waals surface area contributed by atoms with Crippen LogP contribution in [-0.2, 0) is 20.7 Å². The quantitative estimate of drug-likeness (QED) is 0.461. The fourth-order valence-electron chi connectivity index (χ4n) is 3.84. The number of carbonyl (C=O) groups is 3. The molecule has 0 aliphatic rings. The maximum absolute atomic E-state index is 13.8. The number of aryl methyl sites for hydroxylation is 2. The molecule has 0 bridgehead atoms. The third kappa shape index (κ3) is 8.70. The highest BCUT2D eigenvalue weighted by Gasteiger charge is 2.34. The minimum absolute atomic E-state index is 0.252. The van der Waals surface area contributed by atoms with Crippen LogP contribution in [0.15, 0.2) is 48.5 Å². The van der Waals surface area contributed by atoms with Gasteiger partial charge in [-0.05, 0) is 63.3 Å². The summed E-state index contributed by atoms with van der Waals surface area (Å²) >= 11 is 0. The number of benzene rings is 2. The van der Waals surface area contributed by atoms with E-state index < -0.39 is 23.8 Å². The van der Waals surface area contributed by atoms with E-state index in [0.29, 0.717) is 6.54 Å². The third-order valence-corrected chi connectivity index (χ3v) is 5.93. The van der Waals surface area contributed by atoms with E-state index in [4.69, 9.17) is 4.74 Å². The van der Waals surface area contributed by atoms with E-state index >= 15 is 0 Å². The summed E-state index contributed by atoms with van der Waals surface area (Å²) in [4.78, 5) is 41.2. The number of hydrogen-bond acceptors (Lipinski definition) is 4. The highest BCUT2D eigenvalue weighted by molar-refractivity contribution is 5.92. The zero-order chi connectivity index (χ0) is 26.9. The summed E-state index contributed by atoms with van der Waals surface area (Å²) in [5.41, 5.74) is 3.03. The fraction of sp³-hybridized carbons (Fsp3) is 0.483. The van der Waals surface area contributed by atoms with Gasteiger partial charge in [0.15, 0.2) is 0 Å². The number of hydrogen-bond donors (Lipinski definition) is 2. The number of nitrogens with one attached hydrogen (secondary N) is 2. The lowest BCUT2D eigenvalue weighted by Crippen LogP contribution is -2.52. The van der Waals surface area contributed by atoms with Gasteiger partial charge in [0.2, 0.25) is 11.8 Å². The van der Waals surface area contributed by atoms with Gasteiger partial charge in [0, 0.05) is 20.0 Å². The first kappa shape index (κ1) is 28.9. The average Bonchev–Trinajstić information content (AvgIpc) is 2.80. The Balaban J connectivity index is 2.39. The normalized spacial score (nSPS) is 12.9. The molecule has 0 radical (unpaired) electrons. The molecular formula is C29H41N3O4. The van der Waals surface area contributed by atoms with E-state index in [1.54, 1.807) is 27.8 Å². The Morgan fingerprint density at radius 2 is 1.67 bits per heavy atom. The largest absolute Gasteiger partial charge is 0.444 e. The number of carbonyl (C=O) groups excluding carboxylic acids is 3. The number of likely N-dealkylation sites (N-methyl/N-ethyl adjacent to an activating group) is 1. The predicted molar refractivity (Wildman–Crippen MR) is 143 cm³/mol. The first-order valence-electron chi connectivity index (χ1n) is 12.6. The molecule has 0 aliphatic carbocycles. The molecule has 0 saturated carbocycles. The molecule has 36 heavy (non-hydrogen) atoms. The highest BCUT2D eigenvalue weighted by Crippen LogP contribution is 2.24. The summed E-state index contributed by atoms with van der Waals surface area (Å²) < 4.78 is 5.42.